The largest absolute Gasteiger partial charge is 0.416 e. The molecule has 1 amide bonds. The van der Waals surface area contributed by atoms with Gasteiger partial charge in [0.2, 0.25) is 5.91 Å². The van der Waals surface area contributed by atoms with Gasteiger partial charge in [-0.1, -0.05) is 32.1 Å². The zero-order chi connectivity index (χ0) is 22.1. The Morgan fingerprint density at radius 3 is 2.53 bits per heavy atom. The minimum atomic E-state index is -4.43. The van der Waals surface area contributed by atoms with Crippen molar-refractivity contribution in [3.05, 3.63) is 52.7 Å². The van der Waals surface area contributed by atoms with Crippen LogP contribution in [0.3, 0.4) is 0 Å². The molecule has 0 saturated heterocycles. The van der Waals surface area contributed by atoms with E-state index < -0.39 is 11.7 Å². The molecule has 5 nitrogen and oxygen atoms in total. The zero-order valence-corrected chi connectivity index (χ0v) is 17.8. The van der Waals surface area contributed by atoms with Crippen LogP contribution in [0.5, 0.6) is 0 Å². The summed E-state index contributed by atoms with van der Waals surface area (Å²) in [7, 11) is 1.76. The number of alkyl halides is 3. The number of nitrogens with zero attached hydrogens (tertiary/aromatic N) is 4. The molecule has 1 aliphatic heterocycles. The summed E-state index contributed by atoms with van der Waals surface area (Å²) in [6.45, 7) is 8.58. The van der Waals surface area contributed by atoms with Gasteiger partial charge < -0.3 is 0 Å². The molecular weight excluding hydrogens is 393 g/mol. The molecule has 0 radical (unpaired) electrons. The zero-order valence-electron chi connectivity index (χ0n) is 17.8. The van der Waals surface area contributed by atoms with Crippen molar-refractivity contribution in [3.8, 4) is 0 Å². The first-order valence-corrected chi connectivity index (χ1v) is 10.1. The first-order valence-electron chi connectivity index (χ1n) is 10.1. The third-order valence-electron chi connectivity index (χ3n) is 5.48. The molecule has 0 spiro atoms. The molecule has 0 saturated carbocycles. The molecule has 0 N–H and O–H groups in total. The Kier molecular flexibility index (Phi) is 6.36. The van der Waals surface area contributed by atoms with Gasteiger partial charge in [0.05, 0.1) is 17.8 Å². The van der Waals surface area contributed by atoms with Gasteiger partial charge in [0.15, 0.2) is 0 Å². The van der Waals surface area contributed by atoms with Gasteiger partial charge in [-0.25, -0.2) is 0 Å². The standard InChI is InChI=1S/C22H27F3N4O/c1-5-28(6-2)14-17-10-11-19(30)29(21-20(17)15(3)26-27(21)4)13-16-8-7-9-18(12-16)22(23,24)25/h7-10,12H,5-6,11,13-14H2,1-4H3. The number of rotatable bonds is 6. The van der Waals surface area contributed by atoms with Crippen LogP contribution >= 0.6 is 0 Å². The fourth-order valence-corrected chi connectivity index (χ4v) is 3.90. The lowest BCUT2D eigenvalue weighted by molar-refractivity contribution is -0.137. The number of aryl methyl sites for hydroxylation is 2. The summed E-state index contributed by atoms with van der Waals surface area (Å²) in [6, 6.07) is 5.13. The van der Waals surface area contributed by atoms with E-state index in [1.807, 2.05) is 13.0 Å². The minimum Gasteiger partial charge on any atom is -0.300 e. The molecule has 8 heteroatoms. The Balaban J connectivity index is 2.01. The van der Waals surface area contributed by atoms with Gasteiger partial charge in [0.25, 0.3) is 0 Å². The summed E-state index contributed by atoms with van der Waals surface area (Å²) in [5.41, 5.74) is 2.43. The van der Waals surface area contributed by atoms with Crippen LogP contribution in [0.25, 0.3) is 5.57 Å². The molecule has 0 aliphatic carbocycles. The van der Waals surface area contributed by atoms with Gasteiger partial charge in [-0.05, 0) is 43.3 Å². The van der Waals surface area contributed by atoms with E-state index in [1.54, 1.807) is 22.7 Å². The molecule has 3 rings (SSSR count). The molecule has 1 aliphatic rings. The van der Waals surface area contributed by atoms with E-state index in [-0.39, 0.29) is 18.9 Å². The number of carbonyl (C=O) groups excluding carboxylic acids is 1. The summed E-state index contributed by atoms with van der Waals surface area (Å²) in [6.07, 6.45) is -2.30. The fourth-order valence-electron chi connectivity index (χ4n) is 3.90. The van der Waals surface area contributed by atoms with Gasteiger partial charge in [-0.2, -0.15) is 18.3 Å². The van der Waals surface area contributed by atoms with Crippen molar-refractivity contribution in [1.82, 2.24) is 14.7 Å². The number of halogens is 3. The Hall–Kier alpha value is -2.61. The molecule has 2 heterocycles. The highest BCUT2D eigenvalue weighted by Crippen LogP contribution is 2.35. The Bertz CT molecular complexity index is 958. The van der Waals surface area contributed by atoms with E-state index in [1.165, 1.54) is 6.07 Å². The first kappa shape index (κ1) is 22.1. The molecule has 0 bridgehead atoms. The molecule has 162 valence electrons. The van der Waals surface area contributed by atoms with Crippen LogP contribution in [0.4, 0.5) is 19.0 Å². The fraction of sp³-hybridized carbons (Fsp3) is 0.455. The van der Waals surface area contributed by atoms with E-state index in [0.717, 1.165) is 42.1 Å². The van der Waals surface area contributed by atoms with Gasteiger partial charge in [-0.15, -0.1) is 0 Å². The number of benzene rings is 1. The number of hydrogen-bond acceptors (Lipinski definition) is 3. The smallest absolute Gasteiger partial charge is 0.300 e. The van der Waals surface area contributed by atoms with Crippen molar-refractivity contribution < 1.29 is 18.0 Å². The normalized spacial score (nSPS) is 14.7. The Morgan fingerprint density at radius 2 is 1.90 bits per heavy atom. The first-order chi connectivity index (χ1) is 14.2. The van der Waals surface area contributed by atoms with Crippen LogP contribution in [0.1, 0.15) is 42.7 Å². The SMILES string of the molecule is CCN(CC)CC1=CCC(=O)N(Cc2cccc(C(F)(F)F)c2)c2c1c(C)nn2C. The van der Waals surface area contributed by atoms with E-state index in [2.05, 4.69) is 23.8 Å². The molecular formula is C22H27F3N4O. The highest BCUT2D eigenvalue weighted by Gasteiger charge is 2.32. The van der Waals surface area contributed by atoms with E-state index >= 15 is 0 Å². The predicted molar refractivity (Wildman–Crippen MR) is 111 cm³/mol. The van der Waals surface area contributed by atoms with Crippen LogP contribution in [-0.4, -0.2) is 40.2 Å². The molecule has 30 heavy (non-hydrogen) atoms. The average molecular weight is 420 g/mol. The maximum Gasteiger partial charge on any atom is 0.416 e. The number of amides is 1. The number of fused-ring (bicyclic) bond motifs is 1. The molecule has 1 aromatic heterocycles. The molecule has 0 unspecified atom stereocenters. The maximum atomic E-state index is 13.1. The number of anilines is 1. The van der Waals surface area contributed by atoms with Gasteiger partial charge in [0.1, 0.15) is 5.82 Å². The van der Waals surface area contributed by atoms with Crippen molar-refractivity contribution in [2.24, 2.45) is 7.05 Å². The molecule has 0 fully saturated rings. The number of aromatic nitrogens is 2. The summed E-state index contributed by atoms with van der Waals surface area (Å²) in [5, 5.41) is 4.51. The molecule has 0 atom stereocenters. The van der Waals surface area contributed by atoms with Gasteiger partial charge in [-0.3, -0.25) is 19.3 Å². The Morgan fingerprint density at radius 1 is 1.20 bits per heavy atom. The van der Waals surface area contributed by atoms with Crippen molar-refractivity contribution in [2.45, 2.75) is 39.9 Å². The molecule has 2 aromatic rings. The second-order valence-corrected chi connectivity index (χ2v) is 7.48. The number of likely N-dealkylation sites (N-methyl/N-ethyl adjacent to an activating group) is 1. The second-order valence-electron chi connectivity index (χ2n) is 7.48. The van der Waals surface area contributed by atoms with Crippen molar-refractivity contribution in [2.75, 3.05) is 24.5 Å². The van der Waals surface area contributed by atoms with Crippen LogP contribution < -0.4 is 4.90 Å². The average Bonchev–Trinajstić information content (AvgIpc) is 2.91. The van der Waals surface area contributed by atoms with Crippen LogP contribution in [0.15, 0.2) is 30.3 Å². The highest BCUT2D eigenvalue weighted by molar-refractivity contribution is 5.99. The van der Waals surface area contributed by atoms with E-state index in [0.29, 0.717) is 17.9 Å². The summed E-state index contributed by atoms with van der Waals surface area (Å²) >= 11 is 0. The lowest BCUT2D eigenvalue weighted by Gasteiger charge is -2.24. The quantitative estimate of drug-likeness (QED) is 0.695. The third-order valence-corrected chi connectivity index (χ3v) is 5.48. The van der Waals surface area contributed by atoms with E-state index in [4.69, 9.17) is 0 Å². The van der Waals surface area contributed by atoms with Crippen LogP contribution in [-0.2, 0) is 24.6 Å². The summed E-state index contributed by atoms with van der Waals surface area (Å²) < 4.78 is 41.0. The highest BCUT2D eigenvalue weighted by atomic mass is 19.4. The van der Waals surface area contributed by atoms with Crippen LogP contribution in [0, 0.1) is 6.92 Å². The van der Waals surface area contributed by atoms with Crippen LogP contribution in [0.2, 0.25) is 0 Å². The Labute approximate surface area is 174 Å². The summed E-state index contributed by atoms with van der Waals surface area (Å²) in [5.74, 6) is 0.469. The van der Waals surface area contributed by atoms with Crippen molar-refractivity contribution in [1.29, 1.82) is 0 Å². The number of hydrogen-bond donors (Lipinski definition) is 0. The van der Waals surface area contributed by atoms with Crippen molar-refractivity contribution >= 4 is 17.3 Å². The van der Waals surface area contributed by atoms with Crippen molar-refractivity contribution in [3.63, 3.8) is 0 Å². The predicted octanol–water partition coefficient (Wildman–Crippen LogP) is 4.41. The lowest BCUT2D eigenvalue weighted by Crippen LogP contribution is -2.31. The number of carbonyl (C=O) groups is 1. The monoisotopic (exact) mass is 420 g/mol. The van der Waals surface area contributed by atoms with E-state index in [9.17, 15) is 18.0 Å². The second kappa shape index (κ2) is 8.63. The third kappa shape index (κ3) is 4.43. The topological polar surface area (TPSA) is 41.4 Å². The molecule has 1 aromatic carbocycles. The summed E-state index contributed by atoms with van der Waals surface area (Å²) in [4.78, 5) is 16.8. The lowest BCUT2D eigenvalue weighted by atomic mass is 10.0. The van der Waals surface area contributed by atoms with Gasteiger partial charge >= 0.3 is 6.18 Å². The van der Waals surface area contributed by atoms with Gasteiger partial charge in [0, 0.05) is 25.6 Å². The maximum absolute atomic E-state index is 13.1. The minimum absolute atomic E-state index is 0.0567.